The standard InChI is InChI=1S/C34H43F3N3O6.C34H45FN3O6.2V/c1-6-22-27(18-41)40-17-28(22)45-30-25(38-24-13-12-21(44-5)14-26(24)39-30)11-9-7-8-10-20-16-33(20,19-34(35,36)37)46-29(42)15-23(31(40)43)32(2,3)4;1-6-23-28(20-39)38-19-29(23)43-31-26(36-25-13-12-22(42-5)16-27(25)37-31)11-9-7-8-10-21-18-34(21,14-15-35)44-30(40)17-24(32(38)41)33(2,3)4;;/h12-14,20,22-23,27-28H,6-11,15-17,19H2,1-5H3;12-13,16,21,23-24,28-29H,6-11,14-15,17-19H2,1-5H3;;/q2*-1;;/t20-,22+,23-,27-,28+,33+;21-,23+,24-,28-,29+,34-;;/m11../s1. The fourth-order valence-electron chi connectivity index (χ4n) is 14.2. The number of hydrogen-bond donors (Lipinski definition) is 0. The van der Waals surface area contributed by atoms with Crippen molar-refractivity contribution in [3.8, 4) is 23.3 Å². The first-order valence-electron chi connectivity index (χ1n) is 32.2. The summed E-state index contributed by atoms with van der Waals surface area (Å²) in [7, 11) is 3.16. The first-order chi connectivity index (χ1) is 42.7. The van der Waals surface area contributed by atoms with Gasteiger partial charge in [-0.25, -0.2) is 32.5 Å². The average Bonchev–Trinajstić information content (AvgIpc) is 1.71. The molecule has 2 aromatic carbocycles. The Bertz CT molecular complexity index is 3280. The predicted octanol–water partition coefficient (Wildman–Crippen LogP) is 11.7. The van der Waals surface area contributed by atoms with Crippen molar-refractivity contribution >= 4 is 58.4 Å². The number of amides is 2. The molecule has 2 aliphatic carbocycles. The molecule has 24 heteroatoms. The number of aryl methyl sites for hydroxylation is 2. The quantitative estimate of drug-likeness (QED) is 0.0865. The molecule has 6 heterocycles. The fourth-order valence-corrected chi connectivity index (χ4v) is 14.2. The number of carbonyl (C=O) groups excluding carboxylic acids is 6. The molecule has 4 bridgehead atoms. The van der Waals surface area contributed by atoms with Gasteiger partial charge in [0.1, 0.15) is 46.3 Å². The Hall–Kier alpha value is -5.57. The van der Waals surface area contributed by atoms with Crippen LogP contribution in [0, 0.1) is 46.3 Å². The van der Waals surface area contributed by atoms with Gasteiger partial charge >= 0.3 is 18.1 Å². The van der Waals surface area contributed by atoms with Gasteiger partial charge in [0.15, 0.2) is 0 Å². The number of aromatic nitrogens is 4. The molecule has 12 atom stereocenters. The summed E-state index contributed by atoms with van der Waals surface area (Å²) in [6.07, 6.45) is 6.03. The summed E-state index contributed by atoms with van der Waals surface area (Å²) in [5.74, 6) is -2.85. The Morgan fingerprint density at radius 2 is 1.01 bits per heavy atom. The number of fused-ring (bicyclic) bond motifs is 10. The van der Waals surface area contributed by atoms with Crippen LogP contribution in [0.4, 0.5) is 17.6 Å². The molecule has 92 heavy (non-hydrogen) atoms. The normalized spacial score (nSPS) is 29.1. The molecule has 2 saturated carbocycles. The van der Waals surface area contributed by atoms with Crippen LogP contribution < -0.4 is 18.9 Å². The second-order valence-electron chi connectivity index (χ2n) is 27.8. The van der Waals surface area contributed by atoms with Gasteiger partial charge in [0.2, 0.25) is 23.6 Å². The smallest absolute Gasteiger partial charge is 0.392 e. The van der Waals surface area contributed by atoms with Crippen LogP contribution in [0.25, 0.3) is 22.1 Å². The minimum absolute atomic E-state index is 0. The molecule has 502 valence electrons. The van der Waals surface area contributed by atoms with Crippen molar-refractivity contribution in [2.75, 3.05) is 34.0 Å². The van der Waals surface area contributed by atoms with Crippen LogP contribution in [0.3, 0.4) is 0 Å². The molecule has 4 aliphatic heterocycles. The van der Waals surface area contributed by atoms with Crippen molar-refractivity contribution < 1.29 is 112 Å². The number of esters is 2. The van der Waals surface area contributed by atoms with E-state index in [-0.39, 0.29) is 87.2 Å². The Morgan fingerprint density at radius 1 is 0.598 bits per heavy atom. The van der Waals surface area contributed by atoms with E-state index < -0.39 is 114 Å². The maximum atomic E-state index is 14.2. The molecule has 18 nitrogen and oxygen atoms in total. The van der Waals surface area contributed by atoms with Crippen molar-refractivity contribution in [2.45, 2.75) is 213 Å². The molecule has 2 aromatic heterocycles. The third-order valence-corrected chi connectivity index (χ3v) is 19.6. The number of ether oxygens (including phenoxy) is 6. The zero-order chi connectivity index (χ0) is 65.1. The van der Waals surface area contributed by atoms with Crippen LogP contribution in [0.2, 0.25) is 0 Å². The van der Waals surface area contributed by atoms with E-state index in [2.05, 4.69) is 6.29 Å². The van der Waals surface area contributed by atoms with Gasteiger partial charge < -0.3 is 47.8 Å². The van der Waals surface area contributed by atoms with E-state index in [1.54, 1.807) is 47.1 Å². The van der Waals surface area contributed by atoms with Crippen LogP contribution in [0.1, 0.15) is 170 Å². The van der Waals surface area contributed by atoms with E-state index >= 15 is 0 Å². The minimum atomic E-state index is -4.51. The van der Waals surface area contributed by atoms with Gasteiger partial charge in [0.25, 0.3) is 0 Å². The zero-order valence-corrected chi connectivity index (χ0v) is 57.4. The van der Waals surface area contributed by atoms with Gasteiger partial charge in [-0.1, -0.05) is 106 Å². The van der Waals surface area contributed by atoms with Crippen LogP contribution in [-0.4, -0.2) is 142 Å². The van der Waals surface area contributed by atoms with Crippen LogP contribution in [-0.2, 0) is 88.2 Å². The molecule has 4 aromatic rings. The van der Waals surface area contributed by atoms with Crippen molar-refractivity contribution in [3.05, 3.63) is 47.8 Å². The van der Waals surface area contributed by atoms with E-state index in [0.717, 1.165) is 43.3 Å². The molecule has 2 saturated heterocycles. The molecule has 2 amide bonds. The molecule has 6 aliphatic rings. The topological polar surface area (TPSA) is 216 Å². The molecule has 4 fully saturated rings. The Kier molecular flexibility index (Phi) is 24.4. The number of benzene rings is 2. The molecule has 0 spiro atoms. The Labute approximate surface area is 561 Å². The van der Waals surface area contributed by atoms with Crippen molar-refractivity contribution in [2.24, 2.45) is 46.3 Å². The fraction of sp³-hybridized carbons (Fsp3) is 0.676. The number of alkyl halides is 4. The molecule has 0 unspecified atom stereocenters. The molecule has 0 N–H and O–H groups in total. The number of rotatable bonds is 9. The maximum Gasteiger partial charge on any atom is 0.392 e. The number of methoxy groups -OCH3 is 2. The molecule has 10 rings (SSSR count). The van der Waals surface area contributed by atoms with E-state index in [4.69, 9.17) is 48.4 Å². The van der Waals surface area contributed by atoms with Crippen LogP contribution in [0.15, 0.2) is 36.4 Å². The van der Waals surface area contributed by atoms with Gasteiger partial charge in [-0.3, -0.25) is 23.6 Å². The van der Waals surface area contributed by atoms with Crippen LogP contribution >= 0.6 is 0 Å². The SMILES string of the molecule is CC[C@@H]1[C@@H]2CN(C(=O)[C@H](C(C)(C)C)CC(=O)O[C@]3(CC(F)(F)F)C[C@H]3CCCCCc3nc4ccc(OC)cc4nc3O2)[C@@H]1[C-]=O.CC[C@@H]1[C@@H]2CN(C(=O)[C@H](C(C)(C)C)CC(=O)O[C@]3(CCF)C[C@H]3CCCCCc3nc4ccc(OC)cc4nc3O2)[C@@H]1[C-]=O.[V].[V]. The summed E-state index contributed by atoms with van der Waals surface area (Å²) < 4.78 is 90.1. The van der Waals surface area contributed by atoms with Gasteiger partial charge in [-0.2, -0.15) is 13.2 Å². The average molecular weight is 1360 g/mol. The zero-order valence-electron chi connectivity index (χ0n) is 54.6. The number of nitrogens with zero attached hydrogens (tertiary/aromatic N) is 6. The summed E-state index contributed by atoms with van der Waals surface area (Å²) in [4.78, 5) is 102. The number of halogens is 4. The summed E-state index contributed by atoms with van der Waals surface area (Å²) in [6.45, 7) is 14.6. The number of hydrogen-bond acceptors (Lipinski definition) is 16. The van der Waals surface area contributed by atoms with Crippen LogP contribution in [0.5, 0.6) is 23.3 Å². The Morgan fingerprint density at radius 3 is 1.39 bits per heavy atom. The van der Waals surface area contributed by atoms with Crippen molar-refractivity contribution in [1.29, 1.82) is 0 Å². The van der Waals surface area contributed by atoms with E-state index in [0.29, 0.717) is 96.9 Å². The molecular formula is C68H88F4N6O12V2-2. The molecule has 2 radical (unpaired) electrons. The molecular weight excluding hydrogens is 1270 g/mol. The van der Waals surface area contributed by atoms with E-state index in [9.17, 15) is 46.3 Å². The van der Waals surface area contributed by atoms with Gasteiger partial charge in [0, 0.05) is 67.5 Å². The summed E-state index contributed by atoms with van der Waals surface area (Å²) in [6, 6.07) is 9.14. The third-order valence-electron chi connectivity index (χ3n) is 19.6. The predicted molar refractivity (Wildman–Crippen MR) is 326 cm³/mol. The summed E-state index contributed by atoms with van der Waals surface area (Å²) in [5.41, 5.74) is 0.185. The first kappa shape index (κ1) is 73.8. The van der Waals surface area contributed by atoms with Crippen molar-refractivity contribution in [3.63, 3.8) is 0 Å². The first-order valence-corrected chi connectivity index (χ1v) is 32.2. The summed E-state index contributed by atoms with van der Waals surface area (Å²) >= 11 is 0. The maximum absolute atomic E-state index is 14.2. The monoisotopic (exact) mass is 1360 g/mol. The van der Waals surface area contributed by atoms with Gasteiger partial charge in [0.05, 0.1) is 87.1 Å². The van der Waals surface area contributed by atoms with E-state index in [1.165, 1.54) is 9.80 Å². The van der Waals surface area contributed by atoms with Gasteiger partial charge in [-0.05, 0) is 98.3 Å². The number of carbonyl (C=O) groups is 4. The minimum Gasteiger partial charge on any atom is -0.540 e. The Balaban J connectivity index is 0.000000256. The second-order valence-corrected chi connectivity index (χ2v) is 27.8. The second kappa shape index (κ2) is 30.4. The third kappa shape index (κ3) is 16.9. The van der Waals surface area contributed by atoms with E-state index in [1.807, 2.05) is 65.2 Å². The summed E-state index contributed by atoms with van der Waals surface area (Å²) in [5, 5.41) is 0. The largest absolute Gasteiger partial charge is 0.540 e. The van der Waals surface area contributed by atoms with Crippen molar-refractivity contribution in [1.82, 2.24) is 29.7 Å². The van der Waals surface area contributed by atoms with Gasteiger partial charge in [-0.15, -0.1) is 0 Å².